The molecule has 0 aromatic carbocycles. The molecule has 0 fully saturated rings. The summed E-state index contributed by atoms with van der Waals surface area (Å²) in [7, 11) is 1.74. The molecule has 0 aliphatic carbocycles. The van der Waals surface area contributed by atoms with Crippen LogP contribution in [0.15, 0.2) is 0 Å². The summed E-state index contributed by atoms with van der Waals surface area (Å²) in [6.45, 7) is 12.7. The van der Waals surface area contributed by atoms with Gasteiger partial charge in [-0.2, -0.15) is 0 Å². The first kappa shape index (κ1) is 15.6. The summed E-state index contributed by atoms with van der Waals surface area (Å²) < 4.78 is 5.52. The minimum absolute atomic E-state index is 0.294. The maximum absolute atomic E-state index is 5.52. The van der Waals surface area contributed by atoms with Gasteiger partial charge in [-0.3, -0.25) is 0 Å². The zero-order chi connectivity index (χ0) is 13.8. The van der Waals surface area contributed by atoms with E-state index in [0.29, 0.717) is 5.92 Å². The summed E-state index contributed by atoms with van der Waals surface area (Å²) in [5.74, 6) is 0.459. The van der Waals surface area contributed by atoms with Crippen molar-refractivity contribution >= 4 is 11.3 Å². The van der Waals surface area contributed by atoms with Gasteiger partial charge in [0.05, 0.1) is 5.69 Å². The predicted octanol–water partition coefficient (Wildman–Crippen LogP) is 3.65. The molecule has 1 aromatic rings. The fraction of sp³-hybridized carbons (Fsp3) is 0.786. The van der Waals surface area contributed by atoms with Gasteiger partial charge < -0.3 is 10.1 Å². The van der Waals surface area contributed by atoms with Crippen LogP contribution < -0.4 is 5.32 Å². The van der Waals surface area contributed by atoms with Crippen LogP contribution in [0.4, 0.5) is 0 Å². The number of nitrogens with one attached hydrogen (secondary N) is 1. The fourth-order valence-corrected chi connectivity index (χ4v) is 2.93. The van der Waals surface area contributed by atoms with Crippen molar-refractivity contribution in [2.75, 3.05) is 13.7 Å². The van der Waals surface area contributed by atoms with E-state index in [1.807, 2.05) is 0 Å². The second kappa shape index (κ2) is 6.64. The summed E-state index contributed by atoms with van der Waals surface area (Å²) in [5.41, 5.74) is 0.917. The fourth-order valence-electron chi connectivity index (χ4n) is 1.66. The SMILES string of the molecule is CCCNCc1sc(C(C)(C)OC)nc1C(C)C. The number of ether oxygens (including phenoxy) is 1. The third-order valence-corrected chi connectivity index (χ3v) is 4.39. The monoisotopic (exact) mass is 270 g/mol. The summed E-state index contributed by atoms with van der Waals surface area (Å²) in [6, 6.07) is 0. The zero-order valence-electron chi connectivity index (χ0n) is 12.5. The van der Waals surface area contributed by atoms with Crippen LogP contribution in [-0.2, 0) is 16.9 Å². The second-order valence-electron chi connectivity index (χ2n) is 5.37. The van der Waals surface area contributed by atoms with Crippen LogP contribution in [0.5, 0.6) is 0 Å². The van der Waals surface area contributed by atoms with Gasteiger partial charge in [-0.1, -0.05) is 20.8 Å². The highest BCUT2D eigenvalue weighted by molar-refractivity contribution is 7.11. The van der Waals surface area contributed by atoms with Crippen LogP contribution in [0, 0.1) is 0 Å². The summed E-state index contributed by atoms with van der Waals surface area (Å²) >= 11 is 1.77. The highest BCUT2D eigenvalue weighted by atomic mass is 32.1. The zero-order valence-corrected chi connectivity index (χ0v) is 13.3. The van der Waals surface area contributed by atoms with Gasteiger partial charge in [0, 0.05) is 18.5 Å². The minimum Gasteiger partial charge on any atom is -0.372 e. The largest absolute Gasteiger partial charge is 0.372 e. The lowest BCUT2D eigenvalue weighted by atomic mass is 10.1. The lowest BCUT2D eigenvalue weighted by Crippen LogP contribution is -2.19. The number of hydrogen-bond donors (Lipinski definition) is 1. The van der Waals surface area contributed by atoms with Gasteiger partial charge in [-0.25, -0.2) is 4.98 Å². The Hall–Kier alpha value is -0.450. The van der Waals surface area contributed by atoms with Gasteiger partial charge >= 0.3 is 0 Å². The van der Waals surface area contributed by atoms with Crippen molar-refractivity contribution < 1.29 is 4.74 Å². The normalized spacial score (nSPS) is 12.4. The van der Waals surface area contributed by atoms with Crippen molar-refractivity contribution in [3.63, 3.8) is 0 Å². The van der Waals surface area contributed by atoms with Crippen molar-refractivity contribution in [2.45, 2.75) is 59.1 Å². The topological polar surface area (TPSA) is 34.1 Å². The maximum Gasteiger partial charge on any atom is 0.125 e. The molecule has 0 radical (unpaired) electrons. The summed E-state index contributed by atoms with van der Waals surface area (Å²) in [4.78, 5) is 6.13. The molecule has 1 N–H and O–H groups in total. The lowest BCUT2D eigenvalue weighted by molar-refractivity contribution is 0.0189. The summed E-state index contributed by atoms with van der Waals surface area (Å²) in [6.07, 6.45) is 1.16. The van der Waals surface area contributed by atoms with E-state index in [-0.39, 0.29) is 5.60 Å². The molecule has 1 heterocycles. The van der Waals surface area contributed by atoms with E-state index >= 15 is 0 Å². The second-order valence-corrected chi connectivity index (χ2v) is 6.46. The third kappa shape index (κ3) is 3.77. The molecule has 4 heteroatoms. The van der Waals surface area contributed by atoms with E-state index in [1.54, 1.807) is 18.4 Å². The molecule has 0 bridgehead atoms. The lowest BCUT2D eigenvalue weighted by Gasteiger charge is -2.19. The van der Waals surface area contributed by atoms with Gasteiger partial charge in [0.15, 0.2) is 0 Å². The van der Waals surface area contributed by atoms with E-state index in [2.05, 4.69) is 39.9 Å². The van der Waals surface area contributed by atoms with Crippen LogP contribution in [0.2, 0.25) is 0 Å². The first-order chi connectivity index (χ1) is 8.42. The molecule has 1 aromatic heterocycles. The van der Waals surface area contributed by atoms with Gasteiger partial charge in [-0.15, -0.1) is 11.3 Å². The Morgan fingerprint density at radius 3 is 2.56 bits per heavy atom. The molecule has 0 saturated carbocycles. The Labute approximate surface area is 115 Å². The van der Waals surface area contributed by atoms with E-state index in [0.717, 1.165) is 24.5 Å². The van der Waals surface area contributed by atoms with Gasteiger partial charge in [0.25, 0.3) is 0 Å². The number of hydrogen-bond acceptors (Lipinski definition) is 4. The molecule has 18 heavy (non-hydrogen) atoms. The first-order valence-corrected chi connectivity index (χ1v) is 7.50. The Bertz CT molecular complexity index is 372. The third-order valence-electron chi connectivity index (χ3n) is 3.01. The highest BCUT2D eigenvalue weighted by Gasteiger charge is 2.26. The van der Waals surface area contributed by atoms with Gasteiger partial charge in [0.2, 0.25) is 0 Å². The van der Waals surface area contributed by atoms with Crippen molar-refractivity contribution in [3.8, 4) is 0 Å². The number of thiazole rings is 1. The average molecular weight is 270 g/mol. The van der Waals surface area contributed by atoms with Crippen molar-refractivity contribution in [2.24, 2.45) is 0 Å². The molecular weight excluding hydrogens is 244 g/mol. The average Bonchev–Trinajstić information content (AvgIpc) is 2.74. The molecule has 0 atom stereocenters. The first-order valence-electron chi connectivity index (χ1n) is 6.68. The van der Waals surface area contributed by atoms with E-state index in [1.165, 1.54) is 10.6 Å². The minimum atomic E-state index is -0.294. The quantitative estimate of drug-likeness (QED) is 0.768. The van der Waals surface area contributed by atoms with Crippen molar-refractivity contribution in [3.05, 3.63) is 15.6 Å². The Morgan fingerprint density at radius 2 is 2.06 bits per heavy atom. The van der Waals surface area contributed by atoms with Crippen LogP contribution in [-0.4, -0.2) is 18.6 Å². The van der Waals surface area contributed by atoms with Crippen LogP contribution >= 0.6 is 11.3 Å². The molecule has 0 unspecified atom stereocenters. The van der Waals surface area contributed by atoms with E-state index in [9.17, 15) is 0 Å². The van der Waals surface area contributed by atoms with Crippen LogP contribution in [0.3, 0.4) is 0 Å². The van der Waals surface area contributed by atoms with Gasteiger partial charge in [0.1, 0.15) is 10.6 Å². The number of methoxy groups -OCH3 is 1. The maximum atomic E-state index is 5.52. The molecule has 3 nitrogen and oxygen atoms in total. The predicted molar refractivity (Wildman–Crippen MR) is 78.2 cm³/mol. The van der Waals surface area contributed by atoms with Crippen molar-refractivity contribution in [1.82, 2.24) is 10.3 Å². The molecule has 0 aliphatic heterocycles. The number of rotatable bonds is 7. The molecule has 104 valence electrons. The Balaban J connectivity index is 2.94. The van der Waals surface area contributed by atoms with Crippen LogP contribution in [0.1, 0.15) is 62.5 Å². The number of nitrogens with zero attached hydrogens (tertiary/aromatic N) is 1. The Morgan fingerprint density at radius 1 is 1.39 bits per heavy atom. The Kier molecular flexibility index (Phi) is 5.76. The smallest absolute Gasteiger partial charge is 0.125 e. The van der Waals surface area contributed by atoms with E-state index < -0.39 is 0 Å². The molecular formula is C14H26N2OS. The van der Waals surface area contributed by atoms with Crippen LogP contribution in [0.25, 0.3) is 0 Å². The highest BCUT2D eigenvalue weighted by Crippen LogP contribution is 2.33. The molecule has 0 amide bonds. The molecule has 0 spiro atoms. The molecule has 0 saturated heterocycles. The number of aromatic nitrogens is 1. The van der Waals surface area contributed by atoms with Gasteiger partial charge in [-0.05, 0) is 32.7 Å². The molecule has 1 rings (SSSR count). The molecule has 0 aliphatic rings. The van der Waals surface area contributed by atoms with E-state index in [4.69, 9.17) is 9.72 Å². The van der Waals surface area contributed by atoms with Crippen molar-refractivity contribution in [1.29, 1.82) is 0 Å². The summed E-state index contributed by atoms with van der Waals surface area (Å²) in [5, 5.41) is 4.53. The standard InChI is InChI=1S/C14H26N2OS/c1-7-8-15-9-11-12(10(2)3)16-13(18-11)14(4,5)17-6/h10,15H,7-9H2,1-6H3.